The van der Waals surface area contributed by atoms with E-state index in [1.54, 1.807) is 0 Å². The van der Waals surface area contributed by atoms with Crippen LogP contribution in [-0.4, -0.2) is 12.6 Å². The second-order valence-corrected chi connectivity index (χ2v) is 6.70. The van der Waals surface area contributed by atoms with Crippen LogP contribution in [0.2, 0.25) is 0 Å². The van der Waals surface area contributed by atoms with E-state index in [2.05, 4.69) is 41.9 Å². The largest absolute Gasteiger partial charge is 0.314 e. The van der Waals surface area contributed by atoms with Crippen molar-refractivity contribution in [3.63, 3.8) is 0 Å². The number of nitrogens with one attached hydrogen (secondary N) is 1. The molecule has 2 aromatic rings. The van der Waals surface area contributed by atoms with E-state index in [0.29, 0.717) is 6.04 Å². The normalized spacial score (nSPS) is 16.9. The molecule has 1 nitrogen and oxygen atoms in total. The monoisotopic (exact) mass is 273 g/mol. The first-order chi connectivity index (χ1) is 9.36. The number of benzene rings is 1. The Morgan fingerprint density at radius 3 is 2.95 bits per heavy atom. The van der Waals surface area contributed by atoms with Crippen LogP contribution >= 0.6 is 11.3 Å². The van der Waals surface area contributed by atoms with Crippen molar-refractivity contribution in [3.05, 3.63) is 35.2 Å². The lowest BCUT2D eigenvalue weighted by molar-refractivity contribution is 0.456. The highest BCUT2D eigenvalue weighted by atomic mass is 32.1. The molecule has 3 rings (SSSR count). The van der Waals surface area contributed by atoms with Gasteiger partial charge in [-0.3, -0.25) is 0 Å². The van der Waals surface area contributed by atoms with Crippen molar-refractivity contribution >= 4 is 21.4 Å². The van der Waals surface area contributed by atoms with Gasteiger partial charge in [0.15, 0.2) is 0 Å². The fourth-order valence-corrected chi connectivity index (χ4v) is 3.78. The standard InChI is InChI=1S/C17H23NS/c1-2-9-18-15(10-13-7-8-13)11-14-12-19-17-6-4-3-5-16(14)17/h3-6,12-13,15,18H,2,7-11H2,1H3. The van der Waals surface area contributed by atoms with Crippen molar-refractivity contribution in [2.75, 3.05) is 6.54 Å². The molecule has 1 heterocycles. The molecule has 2 heteroatoms. The number of hydrogen-bond acceptors (Lipinski definition) is 2. The lowest BCUT2D eigenvalue weighted by Crippen LogP contribution is -2.32. The Balaban J connectivity index is 1.72. The number of rotatable bonds is 7. The summed E-state index contributed by atoms with van der Waals surface area (Å²) in [6.07, 6.45) is 6.69. The van der Waals surface area contributed by atoms with Gasteiger partial charge in [-0.25, -0.2) is 0 Å². The van der Waals surface area contributed by atoms with Crippen LogP contribution in [0.5, 0.6) is 0 Å². The molecule has 0 aliphatic heterocycles. The van der Waals surface area contributed by atoms with E-state index in [-0.39, 0.29) is 0 Å². The fraction of sp³-hybridized carbons (Fsp3) is 0.529. The summed E-state index contributed by atoms with van der Waals surface area (Å²) in [5.74, 6) is 0.999. The van der Waals surface area contributed by atoms with Crippen molar-refractivity contribution in [2.45, 2.75) is 45.1 Å². The Hall–Kier alpha value is -0.860. The molecule has 1 unspecified atom stereocenters. The summed E-state index contributed by atoms with van der Waals surface area (Å²) in [4.78, 5) is 0. The molecule has 1 aliphatic carbocycles. The predicted molar refractivity (Wildman–Crippen MR) is 85.0 cm³/mol. The summed E-state index contributed by atoms with van der Waals surface area (Å²) in [5.41, 5.74) is 1.54. The second-order valence-electron chi connectivity index (χ2n) is 5.79. The molecule has 19 heavy (non-hydrogen) atoms. The number of thiophene rings is 1. The maximum absolute atomic E-state index is 3.75. The Labute approximate surface area is 120 Å². The topological polar surface area (TPSA) is 12.0 Å². The molecule has 102 valence electrons. The first-order valence-electron chi connectivity index (χ1n) is 7.55. The van der Waals surface area contributed by atoms with Gasteiger partial charge < -0.3 is 5.32 Å². The summed E-state index contributed by atoms with van der Waals surface area (Å²) in [6.45, 7) is 3.40. The quantitative estimate of drug-likeness (QED) is 0.776. The van der Waals surface area contributed by atoms with Gasteiger partial charge in [0.1, 0.15) is 0 Å². The highest BCUT2D eigenvalue weighted by Gasteiger charge is 2.25. The first kappa shape index (κ1) is 13.1. The maximum atomic E-state index is 3.75. The summed E-state index contributed by atoms with van der Waals surface area (Å²) in [5, 5.41) is 7.57. The molecule has 1 saturated carbocycles. The van der Waals surface area contributed by atoms with Crippen LogP contribution in [0.15, 0.2) is 29.6 Å². The van der Waals surface area contributed by atoms with Gasteiger partial charge in [0.2, 0.25) is 0 Å². The van der Waals surface area contributed by atoms with Crippen LogP contribution in [-0.2, 0) is 6.42 Å². The zero-order valence-electron chi connectivity index (χ0n) is 11.7. The van der Waals surface area contributed by atoms with Gasteiger partial charge >= 0.3 is 0 Å². The van der Waals surface area contributed by atoms with E-state index < -0.39 is 0 Å². The third-order valence-electron chi connectivity index (χ3n) is 4.03. The van der Waals surface area contributed by atoms with E-state index in [4.69, 9.17) is 0 Å². The van der Waals surface area contributed by atoms with Crippen molar-refractivity contribution in [2.24, 2.45) is 5.92 Å². The van der Waals surface area contributed by atoms with Gasteiger partial charge in [-0.05, 0) is 54.1 Å². The van der Waals surface area contributed by atoms with E-state index >= 15 is 0 Å². The van der Waals surface area contributed by atoms with E-state index in [9.17, 15) is 0 Å². The van der Waals surface area contributed by atoms with E-state index in [1.807, 2.05) is 11.3 Å². The first-order valence-corrected chi connectivity index (χ1v) is 8.43. The minimum absolute atomic E-state index is 0.672. The molecule has 0 amide bonds. The molecular formula is C17H23NS. The molecule has 0 radical (unpaired) electrons. The summed E-state index contributed by atoms with van der Waals surface area (Å²) >= 11 is 1.89. The van der Waals surface area contributed by atoms with Crippen LogP contribution in [0.1, 0.15) is 38.2 Å². The Morgan fingerprint density at radius 1 is 1.32 bits per heavy atom. The molecule has 1 aromatic carbocycles. The predicted octanol–water partition coefficient (Wildman–Crippen LogP) is 4.61. The number of hydrogen-bond donors (Lipinski definition) is 1. The molecule has 1 aliphatic rings. The van der Waals surface area contributed by atoms with Crippen LogP contribution < -0.4 is 5.32 Å². The zero-order valence-corrected chi connectivity index (χ0v) is 12.5. The van der Waals surface area contributed by atoms with Crippen molar-refractivity contribution in [1.82, 2.24) is 5.32 Å². The maximum Gasteiger partial charge on any atom is 0.0345 e. The minimum Gasteiger partial charge on any atom is -0.314 e. The lowest BCUT2D eigenvalue weighted by Gasteiger charge is -2.18. The molecule has 0 saturated heterocycles. The molecular weight excluding hydrogens is 250 g/mol. The van der Waals surface area contributed by atoms with Gasteiger partial charge in [-0.1, -0.05) is 38.0 Å². The van der Waals surface area contributed by atoms with Crippen molar-refractivity contribution in [1.29, 1.82) is 0 Å². The average molecular weight is 273 g/mol. The Morgan fingerprint density at radius 2 is 2.16 bits per heavy atom. The summed E-state index contributed by atoms with van der Waals surface area (Å²) < 4.78 is 1.43. The SMILES string of the molecule is CCCNC(Cc1csc2ccccc12)CC1CC1. The van der Waals surface area contributed by atoms with Crippen LogP contribution in [0.25, 0.3) is 10.1 Å². The molecule has 0 spiro atoms. The third kappa shape index (κ3) is 3.37. The lowest BCUT2D eigenvalue weighted by atomic mass is 10.0. The van der Waals surface area contributed by atoms with Crippen LogP contribution in [0.4, 0.5) is 0 Å². The fourth-order valence-electron chi connectivity index (χ4n) is 2.80. The average Bonchev–Trinajstić information content (AvgIpc) is 3.16. The molecule has 1 N–H and O–H groups in total. The summed E-state index contributed by atoms with van der Waals surface area (Å²) in [7, 11) is 0. The van der Waals surface area contributed by atoms with E-state index in [0.717, 1.165) is 12.5 Å². The second kappa shape index (κ2) is 6.06. The smallest absolute Gasteiger partial charge is 0.0345 e. The molecule has 1 atom stereocenters. The highest BCUT2D eigenvalue weighted by Crippen LogP contribution is 2.35. The van der Waals surface area contributed by atoms with E-state index in [1.165, 1.54) is 47.8 Å². The molecule has 1 fully saturated rings. The number of fused-ring (bicyclic) bond motifs is 1. The van der Waals surface area contributed by atoms with Gasteiger partial charge in [-0.15, -0.1) is 11.3 Å². The zero-order chi connectivity index (χ0) is 13.1. The summed E-state index contributed by atoms with van der Waals surface area (Å²) in [6, 6.07) is 9.48. The molecule has 1 aromatic heterocycles. The minimum atomic E-state index is 0.672. The van der Waals surface area contributed by atoms with Crippen LogP contribution in [0, 0.1) is 5.92 Å². The van der Waals surface area contributed by atoms with Gasteiger partial charge in [0.25, 0.3) is 0 Å². The van der Waals surface area contributed by atoms with Gasteiger partial charge in [0, 0.05) is 10.7 Å². The van der Waals surface area contributed by atoms with Crippen molar-refractivity contribution < 1.29 is 0 Å². The highest BCUT2D eigenvalue weighted by molar-refractivity contribution is 7.17. The molecule has 0 bridgehead atoms. The van der Waals surface area contributed by atoms with Gasteiger partial charge in [0.05, 0.1) is 0 Å². The Bertz CT molecular complexity index is 527. The third-order valence-corrected chi connectivity index (χ3v) is 5.04. The Kier molecular flexibility index (Phi) is 4.19. The van der Waals surface area contributed by atoms with Gasteiger partial charge in [-0.2, -0.15) is 0 Å². The van der Waals surface area contributed by atoms with Crippen LogP contribution in [0.3, 0.4) is 0 Å². The van der Waals surface area contributed by atoms with Crippen molar-refractivity contribution in [3.8, 4) is 0 Å².